The molecular formula is C12H9BrN2OS. The molecule has 3 nitrogen and oxygen atoms in total. The Bertz CT molecular complexity index is 537. The lowest BCUT2D eigenvalue weighted by Gasteiger charge is -2.02. The number of rotatable bonds is 3. The van der Waals surface area contributed by atoms with Crippen molar-refractivity contribution < 1.29 is 4.79 Å². The summed E-state index contributed by atoms with van der Waals surface area (Å²) in [5.41, 5.74) is 0. The number of hydrogen-bond donors (Lipinski definition) is 1. The van der Waals surface area contributed by atoms with E-state index >= 15 is 0 Å². The van der Waals surface area contributed by atoms with Gasteiger partial charge in [-0.15, -0.1) is 11.3 Å². The number of carbonyl (C=O) groups is 1. The van der Waals surface area contributed by atoms with Crippen LogP contribution in [-0.2, 0) is 4.79 Å². The molecule has 2 heterocycles. The van der Waals surface area contributed by atoms with Crippen LogP contribution in [-0.4, -0.2) is 10.9 Å². The minimum absolute atomic E-state index is 0.196. The molecule has 0 unspecified atom stereocenters. The maximum absolute atomic E-state index is 11.6. The van der Waals surface area contributed by atoms with Crippen LogP contribution < -0.4 is 5.32 Å². The van der Waals surface area contributed by atoms with Gasteiger partial charge in [0.1, 0.15) is 5.82 Å². The monoisotopic (exact) mass is 308 g/mol. The van der Waals surface area contributed by atoms with Crippen LogP contribution in [0.2, 0.25) is 0 Å². The predicted molar refractivity (Wildman–Crippen MR) is 73.9 cm³/mol. The second kappa shape index (κ2) is 5.75. The van der Waals surface area contributed by atoms with Crippen LogP contribution in [0.15, 0.2) is 46.4 Å². The Labute approximate surface area is 111 Å². The third-order valence-electron chi connectivity index (χ3n) is 1.94. The first-order valence-corrected chi connectivity index (χ1v) is 6.56. The summed E-state index contributed by atoms with van der Waals surface area (Å²) < 4.78 is 0.762. The van der Waals surface area contributed by atoms with Gasteiger partial charge in [0.2, 0.25) is 5.91 Å². The number of nitrogens with one attached hydrogen (secondary N) is 1. The van der Waals surface area contributed by atoms with E-state index in [0.29, 0.717) is 5.82 Å². The number of aromatic nitrogens is 1. The molecule has 0 aliphatic rings. The lowest BCUT2D eigenvalue weighted by Crippen LogP contribution is -2.09. The van der Waals surface area contributed by atoms with Crippen molar-refractivity contribution in [3.63, 3.8) is 0 Å². The van der Waals surface area contributed by atoms with Gasteiger partial charge in [-0.25, -0.2) is 4.98 Å². The van der Waals surface area contributed by atoms with Gasteiger partial charge in [-0.2, -0.15) is 0 Å². The Morgan fingerprint density at radius 2 is 2.29 bits per heavy atom. The summed E-state index contributed by atoms with van der Waals surface area (Å²) in [5, 5.41) is 4.66. The molecule has 2 rings (SSSR count). The maximum atomic E-state index is 11.6. The molecule has 0 radical (unpaired) electrons. The Balaban J connectivity index is 2.01. The number of nitrogens with zero attached hydrogens (tertiary/aromatic N) is 1. The molecule has 17 heavy (non-hydrogen) atoms. The van der Waals surface area contributed by atoms with Gasteiger partial charge in [0.25, 0.3) is 0 Å². The first-order chi connectivity index (χ1) is 8.25. The van der Waals surface area contributed by atoms with Gasteiger partial charge >= 0.3 is 0 Å². The topological polar surface area (TPSA) is 42.0 Å². The Morgan fingerprint density at radius 1 is 1.41 bits per heavy atom. The van der Waals surface area contributed by atoms with E-state index in [0.717, 1.165) is 9.35 Å². The lowest BCUT2D eigenvalue weighted by molar-refractivity contribution is -0.111. The van der Waals surface area contributed by atoms with Gasteiger partial charge in [0.05, 0.1) is 4.47 Å². The molecule has 0 aliphatic heterocycles. The zero-order valence-electron chi connectivity index (χ0n) is 8.76. The molecule has 0 spiro atoms. The average molecular weight is 309 g/mol. The third-order valence-corrected chi connectivity index (χ3v) is 3.42. The molecule has 5 heteroatoms. The van der Waals surface area contributed by atoms with Gasteiger partial charge in [0.15, 0.2) is 0 Å². The summed E-state index contributed by atoms with van der Waals surface area (Å²) in [4.78, 5) is 16.7. The molecule has 0 saturated heterocycles. The van der Waals surface area contributed by atoms with Crippen molar-refractivity contribution in [2.24, 2.45) is 0 Å². The fourth-order valence-corrected chi connectivity index (χ4v) is 2.15. The van der Waals surface area contributed by atoms with Crippen LogP contribution in [0.3, 0.4) is 0 Å². The van der Waals surface area contributed by atoms with E-state index in [4.69, 9.17) is 0 Å². The van der Waals surface area contributed by atoms with Crippen molar-refractivity contribution in [1.82, 2.24) is 4.98 Å². The van der Waals surface area contributed by atoms with Crippen LogP contribution in [0.1, 0.15) is 4.88 Å². The highest BCUT2D eigenvalue weighted by atomic mass is 79.9. The molecule has 1 N–H and O–H groups in total. The highest BCUT2D eigenvalue weighted by molar-refractivity contribution is 9.10. The van der Waals surface area contributed by atoms with Crippen LogP contribution in [0.4, 0.5) is 5.82 Å². The molecule has 2 aromatic rings. The van der Waals surface area contributed by atoms with E-state index in [9.17, 15) is 4.79 Å². The normalized spacial score (nSPS) is 10.6. The summed E-state index contributed by atoms with van der Waals surface area (Å²) in [6.07, 6.45) is 4.90. The summed E-state index contributed by atoms with van der Waals surface area (Å²) >= 11 is 4.90. The molecule has 0 atom stereocenters. The Morgan fingerprint density at radius 3 is 3.00 bits per heavy atom. The van der Waals surface area contributed by atoms with Gasteiger partial charge < -0.3 is 5.32 Å². The van der Waals surface area contributed by atoms with Crippen molar-refractivity contribution in [3.05, 3.63) is 51.3 Å². The van der Waals surface area contributed by atoms with Crippen LogP contribution >= 0.6 is 27.3 Å². The summed E-state index contributed by atoms with van der Waals surface area (Å²) in [5.74, 6) is 0.325. The van der Waals surface area contributed by atoms with Gasteiger partial charge in [-0.1, -0.05) is 6.07 Å². The molecule has 0 aromatic carbocycles. The van der Waals surface area contributed by atoms with E-state index in [1.807, 2.05) is 23.6 Å². The van der Waals surface area contributed by atoms with E-state index < -0.39 is 0 Å². The minimum atomic E-state index is -0.196. The van der Waals surface area contributed by atoms with Crippen LogP contribution in [0.5, 0.6) is 0 Å². The number of amides is 1. The van der Waals surface area contributed by atoms with E-state index in [1.165, 1.54) is 6.08 Å². The summed E-state index contributed by atoms with van der Waals surface area (Å²) in [6.45, 7) is 0. The second-order valence-corrected chi connectivity index (χ2v) is 5.01. The first kappa shape index (κ1) is 12.0. The fourth-order valence-electron chi connectivity index (χ4n) is 1.18. The number of carbonyl (C=O) groups excluding carboxylic acids is 1. The molecule has 2 aromatic heterocycles. The van der Waals surface area contributed by atoms with Gasteiger partial charge in [-0.05, 0) is 45.6 Å². The molecule has 1 amide bonds. The van der Waals surface area contributed by atoms with Crippen molar-refractivity contribution in [1.29, 1.82) is 0 Å². The van der Waals surface area contributed by atoms with E-state index in [1.54, 1.807) is 29.7 Å². The molecule has 0 aliphatic carbocycles. The van der Waals surface area contributed by atoms with Crippen molar-refractivity contribution in [2.45, 2.75) is 0 Å². The Kier molecular flexibility index (Phi) is 4.06. The lowest BCUT2D eigenvalue weighted by atomic mass is 10.4. The zero-order chi connectivity index (χ0) is 12.1. The SMILES string of the molecule is O=C(C=Cc1cccs1)Nc1ncccc1Br. The highest BCUT2D eigenvalue weighted by Gasteiger charge is 2.02. The minimum Gasteiger partial charge on any atom is -0.306 e. The standard InChI is InChI=1S/C12H9BrN2OS/c13-10-4-1-7-14-12(10)15-11(16)6-5-9-3-2-8-17-9/h1-8H,(H,14,15,16). The molecule has 0 bridgehead atoms. The highest BCUT2D eigenvalue weighted by Crippen LogP contribution is 2.18. The Hall–Kier alpha value is -1.46. The summed E-state index contributed by atoms with van der Waals surface area (Å²) in [6, 6.07) is 7.51. The van der Waals surface area contributed by atoms with Crippen molar-refractivity contribution in [3.8, 4) is 0 Å². The number of hydrogen-bond acceptors (Lipinski definition) is 3. The number of pyridine rings is 1. The van der Waals surface area contributed by atoms with Crippen molar-refractivity contribution in [2.75, 3.05) is 5.32 Å². The number of halogens is 1. The van der Waals surface area contributed by atoms with E-state index in [-0.39, 0.29) is 5.91 Å². The van der Waals surface area contributed by atoms with Crippen molar-refractivity contribution >= 4 is 45.1 Å². The predicted octanol–water partition coefficient (Wildman–Crippen LogP) is 3.56. The quantitative estimate of drug-likeness (QED) is 0.881. The third kappa shape index (κ3) is 3.51. The summed E-state index contributed by atoms with van der Waals surface area (Å²) in [7, 11) is 0. The average Bonchev–Trinajstić information content (AvgIpc) is 2.82. The second-order valence-electron chi connectivity index (χ2n) is 3.17. The van der Waals surface area contributed by atoms with E-state index in [2.05, 4.69) is 26.2 Å². The molecule has 0 saturated carbocycles. The van der Waals surface area contributed by atoms with Crippen LogP contribution in [0.25, 0.3) is 6.08 Å². The van der Waals surface area contributed by atoms with Gasteiger partial charge in [-0.3, -0.25) is 4.79 Å². The van der Waals surface area contributed by atoms with Gasteiger partial charge in [0, 0.05) is 17.2 Å². The fraction of sp³-hybridized carbons (Fsp3) is 0. The van der Waals surface area contributed by atoms with Crippen LogP contribution in [0, 0.1) is 0 Å². The maximum Gasteiger partial charge on any atom is 0.249 e. The first-order valence-electron chi connectivity index (χ1n) is 4.89. The number of thiophene rings is 1. The molecule has 86 valence electrons. The molecule has 0 fully saturated rings. The number of anilines is 1. The largest absolute Gasteiger partial charge is 0.306 e. The zero-order valence-corrected chi connectivity index (χ0v) is 11.2. The smallest absolute Gasteiger partial charge is 0.249 e. The molecular weight excluding hydrogens is 300 g/mol.